The zero-order chi connectivity index (χ0) is 19.6. The van der Waals surface area contributed by atoms with Gasteiger partial charge in [-0.05, 0) is 40.1 Å². The van der Waals surface area contributed by atoms with Crippen LogP contribution in [0.15, 0.2) is 41.0 Å². The standard InChI is InChI=1S/C18H14N2O7/c1-25-10-4-5-11(14(8-10)26-2)16(18(23)24)15(17(21)22)9-3-6-12-13(7-9)20-27-19-12/h3-8H,1-2H3,(H,21,22)(H,23,24)/b16-15-. The highest BCUT2D eigenvalue weighted by Gasteiger charge is 2.26. The first-order valence-corrected chi connectivity index (χ1v) is 7.62. The van der Waals surface area contributed by atoms with Gasteiger partial charge in [-0.1, -0.05) is 6.07 Å². The van der Waals surface area contributed by atoms with Gasteiger partial charge in [0.05, 0.1) is 25.4 Å². The van der Waals surface area contributed by atoms with Gasteiger partial charge in [0, 0.05) is 11.6 Å². The molecule has 0 fully saturated rings. The van der Waals surface area contributed by atoms with Crippen LogP contribution in [0.5, 0.6) is 11.5 Å². The minimum Gasteiger partial charge on any atom is -0.497 e. The van der Waals surface area contributed by atoms with Crippen LogP contribution in [0.25, 0.3) is 22.2 Å². The summed E-state index contributed by atoms with van der Waals surface area (Å²) in [7, 11) is 2.80. The first-order chi connectivity index (χ1) is 13.0. The van der Waals surface area contributed by atoms with Crippen molar-refractivity contribution < 1.29 is 33.9 Å². The number of benzene rings is 2. The fourth-order valence-corrected chi connectivity index (χ4v) is 2.67. The van der Waals surface area contributed by atoms with Gasteiger partial charge in [-0.15, -0.1) is 0 Å². The Morgan fingerprint density at radius 2 is 1.59 bits per heavy atom. The van der Waals surface area contributed by atoms with Gasteiger partial charge in [-0.2, -0.15) is 0 Å². The molecule has 3 aromatic rings. The van der Waals surface area contributed by atoms with E-state index < -0.39 is 23.1 Å². The Balaban J connectivity index is 2.32. The Morgan fingerprint density at radius 3 is 2.22 bits per heavy atom. The van der Waals surface area contributed by atoms with Crippen molar-refractivity contribution in [3.63, 3.8) is 0 Å². The van der Waals surface area contributed by atoms with E-state index in [2.05, 4.69) is 14.9 Å². The molecule has 3 rings (SSSR count). The smallest absolute Gasteiger partial charge is 0.337 e. The van der Waals surface area contributed by atoms with E-state index in [-0.39, 0.29) is 16.9 Å². The summed E-state index contributed by atoms with van der Waals surface area (Å²) in [5.41, 5.74) is 0.108. The lowest BCUT2D eigenvalue weighted by Gasteiger charge is -2.14. The van der Waals surface area contributed by atoms with Crippen LogP contribution < -0.4 is 9.47 Å². The van der Waals surface area contributed by atoms with Crippen LogP contribution in [0.1, 0.15) is 11.1 Å². The minimum absolute atomic E-state index is 0.0987. The van der Waals surface area contributed by atoms with E-state index in [0.29, 0.717) is 16.8 Å². The molecule has 1 heterocycles. The lowest BCUT2D eigenvalue weighted by Crippen LogP contribution is -2.11. The van der Waals surface area contributed by atoms with Crippen molar-refractivity contribution in [3.8, 4) is 11.5 Å². The molecule has 9 nitrogen and oxygen atoms in total. The summed E-state index contributed by atoms with van der Waals surface area (Å²) in [6, 6.07) is 8.76. The fraction of sp³-hybridized carbons (Fsp3) is 0.111. The lowest BCUT2D eigenvalue weighted by atomic mass is 9.93. The zero-order valence-corrected chi connectivity index (χ0v) is 14.3. The van der Waals surface area contributed by atoms with E-state index in [0.717, 1.165) is 0 Å². The van der Waals surface area contributed by atoms with Gasteiger partial charge < -0.3 is 19.7 Å². The average Bonchev–Trinajstić information content (AvgIpc) is 3.12. The van der Waals surface area contributed by atoms with E-state index in [4.69, 9.17) is 9.47 Å². The Hall–Kier alpha value is -3.88. The summed E-state index contributed by atoms with van der Waals surface area (Å²) in [5.74, 6) is -2.24. The van der Waals surface area contributed by atoms with Crippen LogP contribution in [0.2, 0.25) is 0 Å². The number of hydrogen-bond acceptors (Lipinski definition) is 7. The molecule has 0 saturated heterocycles. The molecule has 0 spiro atoms. The summed E-state index contributed by atoms with van der Waals surface area (Å²) < 4.78 is 14.9. The average molecular weight is 370 g/mol. The molecule has 0 bridgehead atoms. The molecule has 0 aliphatic heterocycles. The highest BCUT2D eigenvalue weighted by Crippen LogP contribution is 2.35. The molecule has 2 aromatic carbocycles. The molecule has 27 heavy (non-hydrogen) atoms. The largest absolute Gasteiger partial charge is 0.497 e. The number of carboxylic acid groups (broad SMARTS) is 2. The quantitative estimate of drug-likeness (QED) is 0.495. The van der Waals surface area contributed by atoms with Crippen molar-refractivity contribution in [2.75, 3.05) is 14.2 Å². The summed E-state index contributed by atoms with van der Waals surface area (Å²) in [5, 5.41) is 26.8. The Bertz CT molecular complexity index is 1070. The van der Waals surface area contributed by atoms with Gasteiger partial charge in [0.1, 0.15) is 22.5 Å². The molecule has 2 N–H and O–H groups in total. The number of carbonyl (C=O) groups is 2. The van der Waals surface area contributed by atoms with Gasteiger partial charge in [0.2, 0.25) is 0 Å². The predicted molar refractivity (Wildman–Crippen MR) is 93.4 cm³/mol. The number of aromatic nitrogens is 2. The van der Waals surface area contributed by atoms with E-state index in [1.807, 2.05) is 0 Å². The second-order valence-corrected chi connectivity index (χ2v) is 5.39. The molecular formula is C18H14N2O7. The predicted octanol–water partition coefficient (Wildman–Crippen LogP) is 2.32. The molecule has 138 valence electrons. The topological polar surface area (TPSA) is 132 Å². The Morgan fingerprint density at radius 1 is 0.889 bits per heavy atom. The third-order valence-electron chi connectivity index (χ3n) is 3.90. The number of aliphatic carboxylic acids is 2. The third-order valence-corrected chi connectivity index (χ3v) is 3.90. The summed E-state index contributed by atoms with van der Waals surface area (Å²) in [6.45, 7) is 0. The first kappa shape index (κ1) is 17.9. The highest BCUT2D eigenvalue weighted by atomic mass is 16.6. The van der Waals surface area contributed by atoms with Crippen LogP contribution in [-0.4, -0.2) is 46.7 Å². The number of rotatable bonds is 6. The van der Waals surface area contributed by atoms with Crippen LogP contribution in [-0.2, 0) is 9.59 Å². The van der Waals surface area contributed by atoms with Crippen molar-refractivity contribution in [1.82, 2.24) is 10.3 Å². The normalized spacial score (nSPS) is 11.8. The van der Waals surface area contributed by atoms with Gasteiger partial charge in [-0.25, -0.2) is 14.2 Å². The number of methoxy groups -OCH3 is 2. The van der Waals surface area contributed by atoms with Crippen molar-refractivity contribution in [1.29, 1.82) is 0 Å². The SMILES string of the molecule is COc1ccc(/C(C(=O)O)=C(/C(=O)O)c2ccc3nonc3c2)c(OC)c1. The Kier molecular flexibility index (Phi) is 4.75. The number of fused-ring (bicyclic) bond motifs is 1. The molecule has 0 unspecified atom stereocenters. The van der Waals surface area contributed by atoms with Crippen LogP contribution in [0, 0.1) is 0 Å². The second kappa shape index (κ2) is 7.16. The Labute approximate surface area is 152 Å². The monoisotopic (exact) mass is 370 g/mol. The molecular weight excluding hydrogens is 356 g/mol. The number of carboxylic acids is 2. The molecule has 0 saturated carbocycles. The van der Waals surface area contributed by atoms with Crippen molar-refractivity contribution in [3.05, 3.63) is 47.5 Å². The van der Waals surface area contributed by atoms with E-state index >= 15 is 0 Å². The van der Waals surface area contributed by atoms with Crippen LogP contribution >= 0.6 is 0 Å². The highest BCUT2D eigenvalue weighted by molar-refractivity contribution is 6.37. The summed E-state index contributed by atoms with van der Waals surface area (Å²) in [4.78, 5) is 24.0. The fourth-order valence-electron chi connectivity index (χ4n) is 2.67. The maximum absolute atomic E-state index is 12.0. The van der Waals surface area contributed by atoms with E-state index in [1.54, 1.807) is 0 Å². The minimum atomic E-state index is -1.42. The zero-order valence-electron chi connectivity index (χ0n) is 14.3. The van der Waals surface area contributed by atoms with E-state index in [1.165, 1.54) is 50.6 Å². The van der Waals surface area contributed by atoms with Gasteiger partial charge >= 0.3 is 11.9 Å². The molecule has 1 aromatic heterocycles. The molecule has 0 amide bonds. The van der Waals surface area contributed by atoms with Gasteiger partial charge in [0.25, 0.3) is 0 Å². The van der Waals surface area contributed by atoms with Crippen LogP contribution in [0.4, 0.5) is 0 Å². The maximum atomic E-state index is 12.0. The van der Waals surface area contributed by atoms with Gasteiger partial charge in [-0.3, -0.25) is 0 Å². The number of nitrogens with zero attached hydrogens (tertiary/aromatic N) is 2. The molecule has 0 atom stereocenters. The third kappa shape index (κ3) is 3.30. The van der Waals surface area contributed by atoms with Crippen molar-refractivity contribution >= 4 is 34.1 Å². The second-order valence-electron chi connectivity index (χ2n) is 5.39. The lowest BCUT2D eigenvalue weighted by molar-refractivity contribution is -0.132. The number of ether oxygens (including phenoxy) is 2. The molecule has 0 aliphatic rings. The number of hydrogen-bond donors (Lipinski definition) is 2. The molecule has 0 radical (unpaired) electrons. The van der Waals surface area contributed by atoms with Crippen molar-refractivity contribution in [2.24, 2.45) is 0 Å². The van der Waals surface area contributed by atoms with Crippen molar-refractivity contribution in [2.45, 2.75) is 0 Å². The molecule has 9 heteroatoms. The summed E-state index contributed by atoms with van der Waals surface area (Å²) in [6.07, 6.45) is 0. The van der Waals surface area contributed by atoms with Crippen LogP contribution in [0.3, 0.4) is 0 Å². The first-order valence-electron chi connectivity index (χ1n) is 7.62. The van der Waals surface area contributed by atoms with E-state index in [9.17, 15) is 19.8 Å². The van der Waals surface area contributed by atoms with Gasteiger partial charge in [0.15, 0.2) is 0 Å². The summed E-state index contributed by atoms with van der Waals surface area (Å²) >= 11 is 0. The molecule has 0 aliphatic carbocycles. The maximum Gasteiger partial charge on any atom is 0.337 e.